The maximum atomic E-state index is 12.6. The van der Waals surface area contributed by atoms with Crippen molar-refractivity contribution in [1.29, 1.82) is 0 Å². The van der Waals surface area contributed by atoms with Crippen molar-refractivity contribution >= 4 is 5.91 Å². The van der Waals surface area contributed by atoms with Crippen molar-refractivity contribution in [2.75, 3.05) is 13.7 Å². The number of rotatable bonds is 9. The molecule has 1 aromatic heterocycles. The molecule has 6 heteroatoms. The van der Waals surface area contributed by atoms with E-state index < -0.39 is 0 Å². The van der Waals surface area contributed by atoms with Crippen LogP contribution in [0, 0.1) is 6.92 Å². The lowest BCUT2D eigenvalue weighted by Crippen LogP contribution is -2.23. The average Bonchev–Trinajstić information content (AvgIpc) is 3.15. The number of carbonyl (C=O) groups excluding carboxylic acids is 1. The summed E-state index contributed by atoms with van der Waals surface area (Å²) in [5.74, 6) is 1.16. The van der Waals surface area contributed by atoms with Crippen molar-refractivity contribution in [1.82, 2.24) is 15.1 Å². The van der Waals surface area contributed by atoms with Gasteiger partial charge in [-0.2, -0.15) is 5.10 Å². The highest BCUT2D eigenvalue weighted by Gasteiger charge is 2.14. The smallest absolute Gasteiger partial charge is 0.272 e. The molecule has 6 nitrogen and oxygen atoms in total. The van der Waals surface area contributed by atoms with E-state index in [4.69, 9.17) is 9.47 Å². The van der Waals surface area contributed by atoms with Crippen molar-refractivity contribution in [2.45, 2.75) is 33.2 Å². The second-order valence-electron chi connectivity index (χ2n) is 6.79. The van der Waals surface area contributed by atoms with Crippen molar-refractivity contribution < 1.29 is 14.3 Å². The van der Waals surface area contributed by atoms with E-state index in [9.17, 15) is 4.79 Å². The molecular formula is C23H27N3O3. The Morgan fingerprint density at radius 2 is 1.90 bits per heavy atom. The van der Waals surface area contributed by atoms with Crippen LogP contribution in [0.25, 0.3) is 5.69 Å². The second kappa shape index (κ2) is 9.78. The number of nitrogens with zero attached hydrogens (tertiary/aromatic N) is 2. The summed E-state index contributed by atoms with van der Waals surface area (Å²) in [5, 5.41) is 7.36. The molecular weight excluding hydrogens is 366 g/mol. The van der Waals surface area contributed by atoms with Gasteiger partial charge in [0.25, 0.3) is 5.91 Å². The Kier molecular flexibility index (Phi) is 6.89. The van der Waals surface area contributed by atoms with Crippen LogP contribution in [0.5, 0.6) is 11.5 Å². The minimum atomic E-state index is -0.218. The maximum absolute atomic E-state index is 12.6. The lowest BCUT2D eigenvalue weighted by molar-refractivity contribution is 0.0945. The van der Waals surface area contributed by atoms with Gasteiger partial charge in [-0.1, -0.05) is 37.6 Å². The molecule has 0 bridgehead atoms. The lowest BCUT2D eigenvalue weighted by atomic mass is 10.2. The molecule has 0 saturated carbocycles. The molecule has 3 rings (SSSR count). The van der Waals surface area contributed by atoms with Crippen LogP contribution in [0.1, 0.15) is 41.5 Å². The predicted octanol–water partition coefficient (Wildman–Crippen LogP) is 4.30. The van der Waals surface area contributed by atoms with Gasteiger partial charge < -0.3 is 14.8 Å². The number of aromatic nitrogens is 2. The molecule has 29 heavy (non-hydrogen) atoms. The largest absolute Gasteiger partial charge is 0.493 e. The van der Waals surface area contributed by atoms with Gasteiger partial charge in [0.05, 0.1) is 19.4 Å². The molecule has 3 aromatic rings. The van der Waals surface area contributed by atoms with Gasteiger partial charge in [0, 0.05) is 12.2 Å². The van der Waals surface area contributed by atoms with Crippen LogP contribution in [-0.2, 0) is 6.54 Å². The third kappa shape index (κ3) is 5.16. The van der Waals surface area contributed by atoms with Crippen LogP contribution >= 0.6 is 0 Å². The van der Waals surface area contributed by atoms with Gasteiger partial charge in [0.15, 0.2) is 17.2 Å². The quantitative estimate of drug-likeness (QED) is 0.551. The Morgan fingerprint density at radius 3 is 2.62 bits per heavy atom. The zero-order chi connectivity index (χ0) is 20.6. The molecule has 0 aliphatic rings. The van der Waals surface area contributed by atoms with Gasteiger partial charge in [-0.05, 0) is 49.2 Å². The Bertz CT molecular complexity index is 951. The molecule has 0 unspecified atom stereocenters. The molecule has 0 fully saturated rings. The van der Waals surface area contributed by atoms with Crippen LogP contribution in [0.3, 0.4) is 0 Å². The molecule has 2 aromatic carbocycles. The number of para-hydroxylation sites is 1. The summed E-state index contributed by atoms with van der Waals surface area (Å²) in [6.45, 7) is 5.09. The molecule has 0 spiro atoms. The molecule has 1 heterocycles. The highest BCUT2D eigenvalue weighted by Crippen LogP contribution is 2.28. The van der Waals surface area contributed by atoms with Crippen molar-refractivity contribution in [3.05, 3.63) is 71.5 Å². The number of methoxy groups -OCH3 is 1. The third-order valence-corrected chi connectivity index (χ3v) is 4.56. The fourth-order valence-electron chi connectivity index (χ4n) is 2.96. The van der Waals surface area contributed by atoms with Crippen LogP contribution in [0.15, 0.2) is 54.6 Å². The van der Waals surface area contributed by atoms with E-state index in [1.165, 1.54) is 0 Å². The molecule has 0 aliphatic carbocycles. The number of hydrogen-bond acceptors (Lipinski definition) is 4. The van der Waals surface area contributed by atoms with Crippen molar-refractivity contribution in [3.63, 3.8) is 0 Å². The number of ether oxygens (including phenoxy) is 2. The van der Waals surface area contributed by atoms with Gasteiger partial charge in [0.2, 0.25) is 0 Å². The summed E-state index contributed by atoms with van der Waals surface area (Å²) in [6, 6.07) is 17.2. The first-order valence-electron chi connectivity index (χ1n) is 9.82. The number of amides is 1. The van der Waals surface area contributed by atoms with E-state index in [2.05, 4.69) is 17.3 Å². The van der Waals surface area contributed by atoms with Crippen molar-refractivity contribution in [3.8, 4) is 17.2 Å². The van der Waals surface area contributed by atoms with Gasteiger partial charge in [0.1, 0.15) is 0 Å². The fraction of sp³-hybridized carbons (Fsp3) is 0.304. The van der Waals surface area contributed by atoms with Gasteiger partial charge in [-0.15, -0.1) is 0 Å². The number of hydrogen-bond donors (Lipinski definition) is 1. The summed E-state index contributed by atoms with van der Waals surface area (Å²) >= 11 is 0. The first-order valence-corrected chi connectivity index (χ1v) is 9.82. The molecule has 0 saturated heterocycles. The summed E-state index contributed by atoms with van der Waals surface area (Å²) in [4.78, 5) is 12.6. The van der Waals surface area contributed by atoms with E-state index in [0.29, 0.717) is 30.3 Å². The van der Waals surface area contributed by atoms with E-state index >= 15 is 0 Å². The summed E-state index contributed by atoms with van der Waals surface area (Å²) in [7, 11) is 1.61. The van der Waals surface area contributed by atoms with E-state index in [0.717, 1.165) is 29.8 Å². The standard InChI is InChI=1S/C23H27N3O3/c1-4-5-13-29-21-12-11-18(15-22(21)28-3)16-24-23(27)20-14-17(2)26(25-20)19-9-7-6-8-10-19/h6-12,14-15H,4-5,13,16H2,1-3H3,(H,24,27). The number of carbonyl (C=O) groups is 1. The number of benzene rings is 2. The summed E-state index contributed by atoms with van der Waals surface area (Å²) in [5.41, 5.74) is 3.14. The van der Waals surface area contributed by atoms with Crippen LogP contribution in [-0.4, -0.2) is 29.4 Å². The highest BCUT2D eigenvalue weighted by molar-refractivity contribution is 5.92. The predicted molar refractivity (Wildman–Crippen MR) is 113 cm³/mol. The van der Waals surface area contributed by atoms with Crippen molar-refractivity contribution in [2.24, 2.45) is 0 Å². The van der Waals surface area contributed by atoms with Gasteiger partial charge >= 0.3 is 0 Å². The zero-order valence-corrected chi connectivity index (χ0v) is 17.1. The van der Waals surface area contributed by atoms with Crippen LogP contribution < -0.4 is 14.8 Å². The van der Waals surface area contributed by atoms with E-state index in [1.807, 2.05) is 55.5 Å². The Labute approximate surface area is 171 Å². The third-order valence-electron chi connectivity index (χ3n) is 4.56. The Morgan fingerprint density at radius 1 is 1.10 bits per heavy atom. The topological polar surface area (TPSA) is 65.4 Å². The highest BCUT2D eigenvalue weighted by atomic mass is 16.5. The number of aryl methyl sites for hydroxylation is 1. The average molecular weight is 393 g/mol. The van der Waals surface area contributed by atoms with E-state index in [1.54, 1.807) is 17.9 Å². The Hall–Kier alpha value is -3.28. The molecule has 1 N–H and O–H groups in total. The first-order chi connectivity index (χ1) is 14.1. The molecule has 0 atom stereocenters. The summed E-state index contributed by atoms with van der Waals surface area (Å²) < 4.78 is 12.9. The SMILES string of the molecule is CCCCOc1ccc(CNC(=O)c2cc(C)n(-c3ccccc3)n2)cc1OC. The molecule has 0 radical (unpaired) electrons. The van der Waals surface area contributed by atoms with Gasteiger partial charge in [-0.3, -0.25) is 4.79 Å². The fourth-order valence-corrected chi connectivity index (χ4v) is 2.96. The Balaban J connectivity index is 1.65. The second-order valence-corrected chi connectivity index (χ2v) is 6.79. The van der Waals surface area contributed by atoms with Gasteiger partial charge in [-0.25, -0.2) is 4.68 Å². The minimum absolute atomic E-state index is 0.218. The monoisotopic (exact) mass is 393 g/mol. The normalized spacial score (nSPS) is 10.6. The number of unbranched alkanes of at least 4 members (excludes halogenated alkanes) is 1. The van der Waals surface area contributed by atoms with E-state index in [-0.39, 0.29) is 5.91 Å². The first kappa shape index (κ1) is 20.5. The lowest BCUT2D eigenvalue weighted by Gasteiger charge is -2.12. The number of nitrogens with one attached hydrogen (secondary N) is 1. The van der Waals surface area contributed by atoms with Crippen LogP contribution in [0.2, 0.25) is 0 Å². The minimum Gasteiger partial charge on any atom is -0.493 e. The molecule has 1 amide bonds. The summed E-state index contributed by atoms with van der Waals surface area (Å²) in [6.07, 6.45) is 2.07. The maximum Gasteiger partial charge on any atom is 0.272 e. The molecule has 0 aliphatic heterocycles. The zero-order valence-electron chi connectivity index (χ0n) is 17.1. The van der Waals surface area contributed by atoms with Crippen LogP contribution in [0.4, 0.5) is 0 Å². The molecule has 152 valence electrons.